The quantitative estimate of drug-likeness (QED) is 0.793. The average Bonchev–Trinajstić information content (AvgIpc) is 2.33. The van der Waals surface area contributed by atoms with Gasteiger partial charge in [-0.3, -0.25) is 9.36 Å². The minimum absolute atomic E-state index is 0.0507. The van der Waals surface area contributed by atoms with E-state index in [1.165, 1.54) is 6.07 Å². The number of nitrogens with zero attached hydrogens (tertiary/aromatic N) is 2. The Labute approximate surface area is 112 Å². The summed E-state index contributed by atoms with van der Waals surface area (Å²) in [6, 6.07) is 1.40. The molecular formula is C13H19ClN2O2. The van der Waals surface area contributed by atoms with Crippen molar-refractivity contribution in [3.63, 3.8) is 0 Å². The molecule has 4 nitrogen and oxygen atoms in total. The lowest BCUT2D eigenvalue weighted by Gasteiger charge is -2.24. The number of halogens is 1. The highest BCUT2D eigenvalue weighted by Gasteiger charge is 2.18. The Kier molecular flexibility index (Phi) is 4.40. The fraction of sp³-hybridized carbons (Fsp3) is 0.692. The van der Waals surface area contributed by atoms with Crippen molar-refractivity contribution >= 4 is 11.6 Å². The second-order valence-electron chi connectivity index (χ2n) is 5.10. The predicted molar refractivity (Wildman–Crippen MR) is 71.1 cm³/mol. The summed E-state index contributed by atoms with van der Waals surface area (Å²) in [5, 5.41) is 0.284. The van der Waals surface area contributed by atoms with Crippen LogP contribution in [0.1, 0.15) is 38.4 Å². The van der Waals surface area contributed by atoms with E-state index >= 15 is 0 Å². The van der Waals surface area contributed by atoms with Gasteiger partial charge in [-0.1, -0.05) is 25.4 Å². The smallest absolute Gasteiger partial charge is 0.254 e. The largest absolute Gasteiger partial charge is 0.381 e. The fourth-order valence-corrected chi connectivity index (χ4v) is 2.49. The number of rotatable bonds is 3. The van der Waals surface area contributed by atoms with Crippen LogP contribution in [0.3, 0.4) is 0 Å². The molecule has 0 N–H and O–H groups in total. The monoisotopic (exact) mass is 270 g/mol. The van der Waals surface area contributed by atoms with Crippen molar-refractivity contribution in [3.05, 3.63) is 27.4 Å². The summed E-state index contributed by atoms with van der Waals surface area (Å²) in [4.78, 5) is 16.3. The molecule has 0 aromatic carbocycles. The molecule has 0 amide bonds. The van der Waals surface area contributed by atoms with Crippen molar-refractivity contribution in [3.8, 4) is 0 Å². The standard InChI is InChI=1S/C13H19ClN2O2/c1-9(2)13-15-11(14)7-12(17)16(13)8-10-3-5-18-6-4-10/h7,9-10H,3-6,8H2,1-2H3. The summed E-state index contributed by atoms with van der Waals surface area (Å²) in [5.41, 5.74) is -0.0507. The molecule has 0 spiro atoms. The second kappa shape index (κ2) is 5.85. The minimum Gasteiger partial charge on any atom is -0.381 e. The first kappa shape index (κ1) is 13.6. The van der Waals surface area contributed by atoms with Gasteiger partial charge in [-0.2, -0.15) is 0 Å². The van der Waals surface area contributed by atoms with E-state index in [0.29, 0.717) is 5.92 Å². The zero-order chi connectivity index (χ0) is 13.1. The van der Waals surface area contributed by atoms with E-state index in [9.17, 15) is 4.79 Å². The maximum absolute atomic E-state index is 12.0. The van der Waals surface area contributed by atoms with Crippen LogP contribution >= 0.6 is 11.6 Å². The topological polar surface area (TPSA) is 44.1 Å². The maximum atomic E-state index is 12.0. The van der Waals surface area contributed by atoms with Gasteiger partial charge >= 0.3 is 0 Å². The highest BCUT2D eigenvalue weighted by Crippen LogP contribution is 2.19. The van der Waals surface area contributed by atoms with Crippen molar-refractivity contribution in [2.75, 3.05) is 13.2 Å². The number of aromatic nitrogens is 2. The molecule has 0 saturated carbocycles. The molecule has 2 heterocycles. The SMILES string of the molecule is CC(C)c1nc(Cl)cc(=O)n1CC1CCOCC1. The van der Waals surface area contributed by atoms with E-state index in [4.69, 9.17) is 16.3 Å². The van der Waals surface area contributed by atoms with Gasteiger partial charge in [0.05, 0.1) is 0 Å². The Bertz CT molecular complexity index is 465. The molecule has 100 valence electrons. The molecule has 5 heteroatoms. The number of hydrogen-bond acceptors (Lipinski definition) is 3. The van der Waals surface area contributed by atoms with Gasteiger partial charge in [0.1, 0.15) is 11.0 Å². The molecule has 0 atom stereocenters. The zero-order valence-corrected chi connectivity index (χ0v) is 11.6. The molecule has 18 heavy (non-hydrogen) atoms. The van der Waals surface area contributed by atoms with Crippen LogP contribution in [0.25, 0.3) is 0 Å². The Hall–Kier alpha value is -0.870. The Balaban J connectivity index is 2.27. The zero-order valence-electron chi connectivity index (χ0n) is 10.9. The highest BCUT2D eigenvalue weighted by atomic mass is 35.5. The van der Waals surface area contributed by atoms with Crippen molar-refractivity contribution in [1.82, 2.24) is 9.55 Å². The van der Waals surface area contributed by atoms with Gasteiger partial charge in [0.15, 0.2) is 0 Å². The lowest BCUT2D eigenvalue weighted by molar-refractivity contribution is 0.0605. The van der Waals surface area contributed by atoms with Crippen molar-refractivity contribution in [2.24, 2.45) is 5.92 Å². The Morgan fingerprint density at radius 1 is 1.50 bits per heavy atom. The Morgan fingerprint density at radius 3 is 2.78 bits per heavy atom. The molecule has 0 bridgehead atoms. The van der Waals surface area contributed by atoms with E-state index in [0.717, 1.165) is 38.4 Å². The van der Waals surface area contributed by atoms with Crippen LogP contribution in [-0.2, 0) is 11.3 Å². The molecule has 1 aromatic heterocycles. The molecule has 1 fully saturated rings. The van der Waals surface area contributed by atoms with E-state index < -0.39 is 0 Å². The van der Waals surface area contributed by atoms with Crippen molar-refractivity contribution < 1.29 is 4.74 Å². The average molecular weight is 271 g/mol. The molecule has 2 rings (SSSR count). The minimum atomic E-state index is -0.0507. The number of ether oxygens (including phenoxy) is 1. The molecular weight excluding hydrogens is 252 g/mol. The van der Waals surface area contributed by atoms with Crippen LogP contribution < -0.4 is 5.56 Å². The van der Waals surface area contributed by atoms with Crippen molar-refractivity contribution in [2.45, 2.75) is 39.2 Å². The van der Waals surface area contributed by atoms with E-state index in [2.05, 4.69) is 4.98 Å². The van der Waals surface area contributed by atoms with Crippen LogP contribution in [0.5, 0.6) is 0 Å². The highest BCUT2D eigenvalue weighted by molar-refractivity contribution is 6.29. The van der Waals surface area contributed by atoms with Crippen LogP contribution in [-0.4, -0.2) is 22.8 Å². The van der Waals surface area contributed by atoms with Gasteiger partial charge in [-0.05, 0) is 18.8 Å². The molecule has 0 unspecified atom stereocenters. The van der Waals surface area contributed by atoms with Crippen LogP contribution in [0, 0.1) is 5.92 Å². The predicted octanol–water partition coefficient (Wildman–Crippen LogP) is 2.45. The van der Waals surface area contributed by atoms with Gasteiger partial charge in [0.25, 0.3) is 5.56 Å². The number of hydrogen-bond donors (Lipinski definition) is 0. The fourth-order valence-electron chi connectivity index (χ4n) is 2.31. The summed E-state index contributed by atoms with van der Waals surface area (Å²) >= 11 is 5.86. The summed E-state index contributed by atoms with van der Waals surface area (Å²) in [7, 11) is 0. The molecule has 1 aliphatic rings. The van der Waals surface area contributed by atoms with Gasteiger partial charge in [-0.15, -0.1) is 0 Å². The summed E-state index contributed by atoms with van der Waals surface area (Å²) in [5.74, 6) is 1.46. The summed E-state index contributed by atoms with van der Waals surface area (Å²) < 4.78 is 7.11. The molecule has 1 aliphatic heterocycles. The lowest BCUT2D eigenvalue weighted by atomic mass is 10.00. The lowest BCUT2D eigenvalue weighted by Crippen LogP contribution is -2.30. The van der Waals surface area contributed by atoms with Crippen molar-refractivity contribution in [1.29, 1.82) is 0 Å². The van der Waals surface area contributed by atoms with E-state index in [1.807, 2.05) is 13.8 Å². The van der Waals surface area contributed by atoms with Gasteiger partial charge < -0.3 is 4.74 Å². The summed E-state index contributed by atoms with van der Waals surface area (Å²) in [6.07, 6.45) is 2.01. The summed E-state index contributed by atoms with van der Waals surface area (Å²) in [6.45, 7) is 6.35. The Morgan fingerprint density at radius 2 is 2.17 bits per heavy atom. The maximum Gasteiger partial charge on any atom is 0.254 e. The first-order chi connectivity index (χ1) is 8.58. The molecule has 1 aromatic rings. The van der Waals surface area contributed by atoms with Gasteiger partial charge in [0.2, 0.25) is 0 Å². The second-order valence-corrected chi connectivity index (χ2v) is 5.48. The van der Waals surface area contributed by atoms with Gasteiger partial charge in [0, 0.05) is 31.7 Å². The van der Waals surface area contributed by atoms with E-state index in [-0.39, 0.29) is 16.6 Å². The normalized spacial score (nSPS) is 17.3. The first-order valence-electron chi connectivity index (χ1n) is 6.43. The van der Waals surface area contributed by atoms with Crippen LogP contribution in [0.15, 0.2) is 10.9 Å². The van der Waals surface area contributed by atoms with Gasteiger partial charge in [-0.25, -0.2) is 4.98 Å². The van der Waals surface area contributed by atoms with E-state index in [1.54, 1.807) is 4.57 Å². The molecule has 0 aliphatic carbocycles. The van der Waals surface area contributed by atoms with Crippen LogP contribution in [0.4, 0.5) is 0 Å². The third-order valence-electron chi connectivity index (χ3n) is 3.30. The molecule has 0 radical (unpaired) electrons. The first-order valence-corrected chi connectivity index (χ1v) is 6.80. The third-order valence-corrected chi connectivity index (χ3v) is 3.50. The van der Waals surface area contributed by atoms with Crippen LogP contribution in [0.2, 0.25) is 5.15 Å². The third kappa shape index (κ3) is 3.12. The molecule has 1 saturated heterocycles.